The number of nitrogens with zero attached hydrogens (tertiary/aromatic N) is 3. The Morgan fingerprint density at radius 3 is 2.48 bits per heavy atom. The van der Waals surface area contributed by atoms with Crippen LogP contribution in [-0.4, -0.2) is 41.8 Å². The smallest absolute Gasteiger partial charge is 0.220 e. The Kier molecular flexibility index (Phi) is 7.47. The number of hydrogen-bond acceptors (Lipinski definition) is 4. The maximum atomic E-state index is 12.4. The predicted molar refractivity (Wildman–Crippen MR) is 124 cm³/mol. The van der Waals surface area contributed by atoms with Crippen LogP contribution >= 0.6 is 0 Å². The molecule has 164 valence electrons. The number of rotatable bonds is 9. The number of hydrogen-bond donors (Lipinski definition) is 1. The zero-order valence-corrected chi connectivity index (χ0v) is 19.1. The molecule has 0 bridgehead atoms. The third kappa shape index (κ3) is 5.95. The summed E-state index contributed by atoms with van der Waals surface area (Å²) in [5.41, 5.74) is 6.44. The van der Waals surface area contributed by atoms with E-state index in [1.807, 2.05) is 42.8 Å². The largest absolute Gasteiger partial charge is 0.497 e. The van der Waals surface area contributed by atoms with Gasteiger partial charge in [-0.3, -0.25) is 4.79 Å². The number of amides is 1. The summed E-state index contributed by atoms with van der Waals surface area (Å²) in [7, 11) is 5.76. The molecule has 0 unspecified atom stereocenters. The van der Waals surface area contributed by atoms with Crippen LogP contribution in [0, 0.1) is 13.8 Å². The van der Waals surface area contributed by atoms with Crippen LogP contribution in [0.3, 0.4) is 0 Å². The summed E-state index contributed by atoms with van der Waals surface area (Å²) in [5, 5.41) is 7.71. The number of aryl methyl sites for hydroxylation is 1. The van der Waals surface area contributed by atoms with Crippen molar-refractivity contribution >= 4 is 5.91 Å². The maximum Gasteiger partial charge on any atom is 0.220 e. The highest BCUT2D eigenvalue weighted by molar-refractivity contribution is 5.76. The van der Waals surface area contributed by atoms with Gasteiger partial charge < -0.3 is 15.0 Å². The second kappa shape index (κ2) is 10.3. The van der Waals surface area contributed by atoms with Gasteiger partial charge in [-0.15, -0.1) is 0 Å². The minimum atomic E-state index is 0.0466. The molecule has 31 heavy (non-hydrogen) atoms. The van der Waals surface area contributed by atoms with E-state index >= 15 is 0 Å². The topological polar surface area (TPSA) is 59.4 Å². The van der Waals surface area contributed by atoms with E-state index < -0.39 is 0 Å². The van der Waals surface area contributed by atoms with Gasteiger partial charge >= 0.3 is 0 Å². The predicted octanol–water partition coefficient (Wildman–Crippen LogP) is 3.81. The lowest BCUT2D eigenvalue weighted by atomic mass is 10.1. The molecule has 0 aliphatic carbocycles. The average Bonchev–Trinajstić information content (AvgIpc) is 3.04. The van der Waals surface area contributed by atoms with Crippen LogP contribution in [0.4, 0.5) is 0 Å². The third-order valence-corrected chi connectivity index (χ3v) is 5.35. The molecule has 1 amide bonds. The molecule has 0 saturated heterocycles. The normalized spacial score (nSPS) is 11.0. The highest BCUT2D eigenvalue weighted by Crippen LogP contribution is 2.22. The summed E-state index contributed by atoms with van der Waals surface area (Å²) in [6, 6.07) is 16.2. The van der Waals surface area contributed by atoms with Crippen LogP contribution in [0.15, 0.2) is 48.5 Å². The third-order valence-electron chi connectivity index (χ3n) is 5.35. The van der Waals surface area contributed by atoms with E-state index in [4.69, 9.17) is 4.74 Å². The summed E-state index contributed by atoms with van der Waals surface area (Å²) in [4.78, 5) is 14.6. The van der Waals surface area contributed by atoms with Crippen molar-refractivity contribution in [3.63, 3.8) is 0 Å². The molecule has 0 radical (unpaired) electrons. The molecule has 3 rings (SSSR count). The highest BCUT2D eigenvalue weighted by Gasteiger charge is 2.14. The molecule has 6 nitrogen and oxygen atoms in total. The van der Waals surface area contributed by atoms with Crippen LogP contribution in [-0.2, 0) is 24.3 Å². The molecule has 0 aliphatic rings. The van der Waals surface area contributed by atoms with E-state index in [1.54, 1.807) is 7.11 Å². The fourth-order valence-electron chi connectivity index (χ4n) is 3.69. The Morgan fingerprint density at radius 1 is 1.10 bits per heavy atom. The Labute approximate surface area is 184 Å². The number of carbonyl (C=O) groups excluding carboxylic acids is 1. The van der Waals surface area contributed by atoms with Gasteiger partial charge in [0.05, 0.1) is 18.5 Å². The van der Waals surface area contributed by atoms with E-state index in [9.17, 15) is 4.79 Å². The van der Waals surface area contributed by atoms with E-state index in [0.717, 1.165) is 40.5 Å². The number of methoxy groups -OCH3 is 1. The molecule has 0 saturated carbocycles. The Balaban J connectivity index is 1.57. The van der Waals surface area contributed by atoms with Crippen molar-refractivity contribution in [2.75, 3.05) is 21.2 Å². The lowest BCUT2D eigenvalue weighted by Gasteiger charge is -2.10. The Bertz CT molecular complexity index is 1020. The van der Waals surface area contributed by atoms with E-state index in [2.05, 4.69) is 53.7 Å². The van der Waals surface area contributed by atoms with Crippen molar-refractivity contribution < 1.29 is 9.53 Å². The molecular weight excluding hydrogens is 388 g/mol. The molecule has 2 aromatic carbocycles. The summed E-state index contributed by atoms with van der Waals surface area (Å²) >= 11 is 0. The molecule has 1 N–H and O–H groups in total. The lowest BCUT2D eigenvalue weighted by Crippen LogP contribution is -2.23. The van der Waals surface area contributed by atoms with Gasteiger partial charge in [0.1, 0.15) is 5.75 Å². The first kappa shape index (κ1) is 22.6. The van der Waals surface area contributed by atoms with Crippen molar-refractivity contribution in [1.29, 1.82) is 0 Å². The van der Waals surface area contributed by atoms with Crippen LogP contribution in [0.1, 0.15) is 34.5 Å². The van der Waals surface area contributed by atoms with Gasteiger partial charge in [0.15, 0.2) is 0 Å². The van der Waals surface area contributed by atoms with Crippen LogP contribution in [0.2, 0.25) is 0 Å². The van der Waals surface area contributed by atoms with Crippen molar-refractivity contribution in [2.45, 2.75) is 39.8 Å². The SMILES string of the molecule is COc1cccc(-n2nc(C)c(CCC(=O)NCc3ccc(CN(C)C)cc3)c2C)c1. The fourth-order valence-corrected chi connectivity index (χ4v) is 3.69. The molecule has 1 heterocycles. The first-order valence-corrected chi connectivity index (χ1v) is 10.6. The first-order valence-electron chi connectivity index (χ1n) is 10.6. The second-order valence-electron chi connectivity index (χ2n) is 8.09. The summed E-state index contributed by atoms with van der Waals surface area (Å²) in [5.74, 6) is 0.839. The Hall–Kier alpha value is -3.12. The van der Waals surface area contributed by atoms with Crippen LogP contribution < -0.4 is 10.1 Å². The van der Waals surface area contributed by atoms with Gasteiger partial charge in [-0.2, -0.15) is 5.10 Å². The zero-order valence-electron chi connectivity index (χ0n) is 19.1. The Morgan fingerprint density at radius 2 is 1.81 bits per heavy atom. The maximum absolute atomic E-state index is 12.4. The molecule has 0 atom stereocenters. The summed E-state index contributed by atoms with van der Waals surface area (Å²) < 4.78 is 7.24. The minimum absolute atomic E-state index is 0.0466. The zero-order chi connectivity index (χ0) is 22.4. The summed E-state index contributed by atoms with van der Waals surface area (Å²) in [6.07, 6.45) is 1.10. The van der Waals surface area contributed by atoms with Gasteiger partial charge in [-0.1, -0.05) is 30.3 Å². The van der Waals surface area contributed by atoms with Crippen molar-refractivity contribution in [1.82, 2.24) is 20.0 Å². The quantitative estimate of drug-likeness (QED) is 0.572. The molecule has 6 heteroatoms. The first-order chi connectivity index (χ1) is 14.9. The number of carbonyl (C=O) groups is 1. The number of aromatic nitrogens is 2. The fraction of sp³-hybridized carbons (Fsp3) is 0.360. The van der Waals surface area contributed by atoms with E-state index in [-0.39, 0.29) is 5.91 Å². The monoisotopic (exact) mass is 420 g/mol. The van der Waals surface area contributed by atoms with Gasteiger partial charge in [0.2, 0.25) is 5.91 Å². The minimum Gasteiger partial charge on any atom is -0.497 e. The highest BCUT2D eigenvalue weighted by atomic mass is 16.5. The second-order valence-corrected chi connectivity index (χ2v) is 8.09. The van der Waals surface area contributed by atoms with Crippen LogP contribution in [0.5, 0.6) is 5.75 Å². The van der Waals surface area contributed by atoms with E-state index in [0.29, 0.717) is 19.4 Å². The standard InChI is InChI=1S/C25H32N4O2/c1-18-24(19(2)29(27-18)22-7-6-8-23(15-22)31-5)13-14-25(30)26-16-20-9-11-21(12-10-20)17-28(3)4/h6-12,15H,13-14,16-17H2,1-5H3,(H,26,30). The molecule has 1 aromatic heterocycles. The van der Waals surface area contributed by atoms with Gasteiger partial charge in [-0.05, 0) is 63.2 Å². The lowest BCUT2D eigenvalue weighted by molar-refractivity contribution is -0.121. The van der Waals surface area contributed by atoms with Crippen molar-refractivity contribution in [3.05, 3.63) is 76.6 Å². The van der Waals surface area contributed by atoms with Gasteiger partial charge in [0, 0.05) is 31.3 Å². The average molecular weight is 421 g/mol. The van der Waals surface area contributed by atoms with Crippen molar-refractivity contribution in [3.8, 4) is 11.4 Å². The molecule has 0 spiro atoms. The number of ether oxygens (including phenoxy) is 1. The number of benzene rings is 2. The van der Waals surface area contributed by atoms with Crippen LogP contribution in [0.25, 0.3) is 5.69 Å². The molecule has 3 aromatic rings. The van der Waals surface area contributed by atoms with Gasteiger partial charge in [0.25, 0.3) is 0 Å². The molecule has 0 aliphatic heterocycles. The number of nitrogens with one attached hydrogen (secondary N) is 1. The van der Waals surface area contributed by atoms with Crippen molar-refractivity contribution in [2.24, 2.45) is 0 Å². The molecular formula is C25H32N4O2. The van der Waals surface area contributed by atoms with Gasteiger partial charge in [-0.25, -0.2) is 4.68 Å². The van der Waals surface area contributed by atoms with E-state index in [1.165, 1.54) is 5.56 Å². The summed E-state index contributed by atoms with van der Waals surface area (Å²) in [6.45, 7) is 5.49. The molecule has 0 fully saturated rings.